The molecule has 0 aliphatic heterocycles. The highest BCUT2D eigenvalue weighted by atomic mass is 32.2. The first-order valence-electron chi connectivity index (χ1n) is 6.94. The predicted molar refractivity (Wildman–Crippen MR) is 81.4 cm³/mol. The van der Waals surface area contributed by atoms with Crippen molar-refractivity contribution in [2.45, 2.75) is 37.1 Å². The van der Waals surface area contributed by atoms with Gasteiger partial charge in [0.05, 0.1) is 4.90 Å². The van der Waals surface area contributed by atoms with E-state index in [0.29, 0.717) is 17.7 Å². The minimum Gasteiger partial charge on any atom is -0.328 e. The van der Waals surface area contributed by atoms with Crippen LogP contribution in [0, 0.1) is 12.8 Å². The molecule has 1 amide bonds. The van der Waals surface area contributed by atoms with Crippen molar-refractivity contribution >= 4 is 21.6 Å². The van der Waals surface area contributed by atoms with Crippen molar-refractivity contribution in [3.63, 3.8) is 0 Å². The zero-order valence-corrected chi connectivity index (χ0v) is 13.0. The van der Waals surface area contributed by atoms with Crippen LogP contribution in [-0.4, -0.2) is 27.4 Å². The van der Waals surface area contributed by atoms with Gasteiger partial charge in [0.25, 0.3) is 0 Å². The zero-order chi connectivity index (χ0) is 15.6. The Labute approximate surface area is 125 Å². The van der Waals surface area contributed by atoms with Crippen LogP contribution in [0.4, 0.5) is 5.69 Å². The van der Waals surface area contributed by atoms with Crippen LogP contribution in [0.2, 0.25) is 0 Å². The molecule has 0 aromatic heterocycles. The number of sulfonamides is 1. The summed E-state index contributed by atoms with van der Waals surface area (Å²) < 4.78 is 26.1. The molecule has 0 saturated heterocycles. The largest absolute Gasteiger partial charge is 0.328 e. The molecule has 6 nitrogen and oxygen atoms in total. The van der Waals surface area contributed by atoms with Gasteiger partial charge in [0.1, 0.15) is 0 Å². The molecule has 1 aliphatic rings. The number of hydrogen-bond acceptors (Lipinski definition) is 4. The molecule has 0 heterocycles. The van der Waals surface area contributed by atoms with Gasteiger partial charge < -0.3 is 11.1 Å². The third-order valence-corrected chi connectivity index (χ3v) is 5.50. The smallest absolute Gasteiger partial charge is 0.240 e. The van der Waals surface area contributed by atoms with Gasteiger partial charge in [-0.1, -0.05) is 6.07 Å². The summed E-state index contributed by atoms with van der Waals surface area (Å²) in [5, 5.41) is 2.82. The average molecular weight is 311 g/mol. The normalized spacial score (nSPS) is 22.2. The zero-order valence-electron chi connectivity index (χ0n) is 12.2. The summed E-state index contributed by atoms with van der Waals surface area (Å²) in [5.74, 6) is -0.186. The lowest BCUT2D eigenvalue weighted by molar-refractivity contribution is -0.119. The van der Waals surface area contributed by atoms with Gasteiger partial charge >= 0.3 is 0 Å². The van der Waals surface area contributed by atoms with E-state index in [1.54, 1.807) is 19.1 Å². The van der Waals surface area contributed by atoms with E-state index in [-0.39, 0.29) is 22.8 Å². The van der Waals surface area contributed by atoms with Crippen LogP contribution >= 0.6 is 0 Å². The monoisotopic (exact) mass is 311 g/mol. The molecule has 21 heavy (non-hydrogen) atoms. The number of hydrogen-bond donors (Lipinski definition) is 3. The Kier molecular flexibility index (Phi) is 4.65. The Morgan fingerprint density at radius 1 is 1.33 bits per heavy atom. The van der Waals surface area contributed by atoms with E-state index in [1.807, 2.05) is 0 Å². The van der Waals surface area contributed by atoms with E-state index < -0.39 is 10.0 Å². The Bertz CT molecular complexity index is 643. The second kappa shape index (κ2) is 6.13. The minimum absolute atomic E-state index is 0.0813. The molecule has 1 aromatic carbocycles. The van der Waals surface area contributed by atoms with E-state index in [2.05, 4.69) is 10.0 Å². The highest BCUT2D eigenvalue weighted by molar-refractivity contribution is 7.89. The van der Waals surface area contributed by atoms with Gasteiger partial charge in [0.15, 0.2) is 0 Å². The van der Waals surface area contributed by atoms with Crippen molar-refractivity contribution in [3.8, 4) is 0 Å². The molecule has 2 rings (SSSR count). The molecule has 0 radical (unpaired) electrons. The first-order chi connectivity index (χ1) is 9.85. The second-order valence-electron chi connectivity index (χ2n) is 5.40. The average Bonchev–Trinajstić information content (AvgIpc) is 2.87. The fourth-order valence-electron chi connectivity index (χ4n) is 2.64. The number of carbonyl (C=O) groups excluding carboxylic acids is 1. The van der Waals surface area contributed by atoms with Crippen molar-refractivity contribution in [2.75, 3.05) is 12.4 Å². The highest BCUT2D eigenvalue weighted by Gasteiger charge is 2.28. The molecule has 2 unspecified atom stereocenters. The topological polar surface area (TPSA) is 101 Å². The van der Waals surface area contributed by atoms with Gasteiger partial charge in [-0.05, 0) is 50.9 Å². The molecule has 0 bridgehead atoms. The third-order valence-electron chi connectivity index (χ3n) is 3.94. The second-order valence-corrected chi connectivity index (χ2v) is 7.25. The van der Waals surface area contributed by atoms with Crippen molar-refractivity contribution in [1.29, 1.82) is 0 Å². The van der Waals surface area contributed by atoms with Crippen LogP contribution in [0.1, 0.15) is 24.8 Å². The standard InChI is InChI=1S/C14H21N3O3S/c1-9-12(4-3-5-13(9)21(19,20)16-2)17-14(18)10-6-7-11(15)8-10/h3-5,10-11,16H,6-8,15H2,1-2H3,(H,17,18). The molecule has 1 fully saturated rings. The maximum atomic E-state index is 12.2. The molecule has 0 spiro atoms. The Balaban J connectivity index is 2.22. The molecule has 7 heteroatoms. The highest BCUT2D eigenvalue weighted by Crippen LogP contribution is 2.27. The van der Waals surface area contributed by atoms with Crippen molar-refractivity contribution < 1.29 is 13.2 Å². The lowest BCUT2D eigenvalue weighted by Gasteiger charge is -2.15. The molecule has 2 atom stereocenters. The SMILES string of the molecule is CNS(=O)(=O)c1cccc(NC(=O)C2CCC(N)C2)c1C. The third kappa shape index (κ3) is 3.42. The number of rotatable bonds is 4. The first kappa shape index (κ1) is 15.9. The van der Waals surface area contributed by atoms with Crippen LogP contribution < -0.4 is 15.8 Å². The van der Waals surface area contributed by atoms with Crippen LogP contribution in [-0.2, 0) is 14.8 Å². The molecular formula is C14H21N3O3S. The fourth-order valence-corrected chi connectivity index (χ4v) is 3.63. The number of benzene rings is 1. The summed E-state index contributed by atoms with van der Waals surface area (Å²) in [6.45, 7) is 1.68. The fraction of sp³-hybridized carbons (Fsp3) is 0.500. The number of amides is 1. The van der Waals surface area contributed by atoms with Gasteiger partial charge in [0.2, 0.25) is 15.9 Å². The minimum atomic E-state index is -3.54. The van der Waals surface area contributed by atoms with Crippen LogP contribution in [0.15, 0.2) is 23.1 Å². The number of nitrogens with one attached hydrogen (secondary N) is 2. The van der Waals surface area contributed by atoms with E-state index in [0.717, 1.165) is 12.8 Å². The van der Waals surface area contributed by atoms with Crippen molar-refractivity contribution in [3.05, 3.63) is 23.8 Å². The van der Waals surface area contributed by atoms with E-state index in [9.17, 15) is 13.2 Å². The van der Waals surface area contributed by atoms with Crippen molar-refractivity contribution in [1.82, 2.24) is 4.72 Å². The number of carbonyl (C=O) groups is 1. The van der Waals surface area contributed by atoms with Gasteiger partial charge in [-0.15, -0.1) is 0 Å². The summed E-state index contributed by atoms with van der Waals surface area (Å²) >= 11 is 0. The maximum absolute atomic E-state index is 12.2. The van der Waals surface area contributed by atoms with Crippen LogP contribution in [0.5, 0.6) is 0 Å². The molecule has 1 saturated carbocycles. The maximum Gasteiger partial charge on any atom is 0.240 e. The quantitative estimate of drug-likeness (QED) is 0.771. The van der Waals surface area contributed by atoms with E-state index >= 15 is 0 Å². The first-order valence-corrected chi connectivity index (χ1v) is 8.43. The molecular weight excluding hydrogens is 290 g/mol. The van der Waals surface area contributed by atoms with Crippen LogP contribution in [0.3, 0.4) is 0 Å². The number of anilines is 1. The van der Waals surface area contributed by atoms with Crippen LogP contribution in [0.25, 0.3) is 0 Å². The van der Waals surface area contributed by atoms with E-state index in [1.165, 1.54) is 13.1 Å². The molecule has 116 valence electrons. The number of nitrogens with two attached hydrogens (primary N) is 1. The summed E-state index contributed by atoms with van der Waals surface area (Å²) in [7, 11) is -2.18. The lowest BCUT2D eigenvalue weighted by Crippen LogP contribution is -2.24. The molecule has 1 aromatic rings. The van der Waals surface area contributed by atoms with Crippen molar-refractivity contribution in [2.24, 2.45) is 11.7 Å². The van der Waals surface area contributed by atoms with Gasteiger partial charge in [-0.25, -0.2) is 13.1 Å². The lowest BCUT2D eigenvalue weighted by atomic mass is 10.1. The predicted octanol–water partition coefficient (Wildman–Crippen LogP) is 0.969. The van der Waals surface area contributed by atoms with E-state index in [4.69, 9.17) is 5.73 Å². The summed E-state index contributed by atoms with van der Waals surface area (Å²) in [6.07, 6.45) is 2.31. The summed E-state index contributed by atoms with van der Waals surface area (Å²) in [5.41, 5.74) is 6.87. The Morgan fingerprint density at radius 2 is 2.05 bits per heavy atom. The van der Waals surface area contributed by atoms with Gasteiger partial charge in [0, 0.05) is 17.6 Å². The molecule has 1 aliphatic carbocycles. The molecule has 4 N–H and O–H groups in total. The summed E-state index contributed by atoms with van der Waals surface area (Å²) in [4.78, 5) is 12.4. The Hall–Kier alpha value is -1.44. The summed E-state index contributed by atoms with van der Waals surface area (Å²) in [6, 6.07) is 4.92. The Morgan fingerprint density at radius 3 is 2.62 bits per heavy atom. The van der Waals surface area contributed by atoms with Gasteiger partial charge in [-0.2, -0.15) is 0 Å². The van der Waals surface area contributed by atoms with Gasteiger partial charge in [-0.3, -0.25) is 4.79 Å².